The van der Waals surface area contributed by atoms with Crippen molar-refractivity contribution in [3.63, 3.8) is 0 Å². The number of rotatable bonds is 2. The fraction of sp³-hybridized carbons (Fsp3) is 0. The molecule has 0 aliphatic heterocycles. The second kappa shape index (κ2) is 9.05. The van der Waals surface area contributed by atoms with E-state index in [2.05, 4.69) is 76.3 Å². The van der Waals surface area contributed by atoms with Crippen LogP contribution >= 0.6 is 11.3 Å². The summed E-state index contributed by atoms with van der Waals surface area (Å²) in [6.45, 7) is 0. The molecule has 6 nitrogen and oxygen atoms in total. The first-order valence-electron chi connectivity index (χ1n) is 14.7. The average molecular weight is 596 g/mol. The van der Waals surface area contributed by atoms with Crippen molar-refractivity contribution in [2.75, 3.05) is 0 Å². The van der Waals surface area contributed by atoms with Gasteiger partial charge in [0.2, 0.25) is 5.95 Å². The van der Waals surface area contributed by atoms with Crippen molar-refractivity contribution >= 4 is 85.9 Å². The molecule has 0 radical (unpaired) electrons. The molecule has 5 heterocycles. The fourth-order valence-corrected chi connectivity index (χ4v) is 8.27. The minimum atomic E-state index is -0.210. The van der Waals surface area contributed by atoms with Gasteiger partial charge in [0, 0.05) is 55.1 Å². The molecule has 0 spiro atoms. The number of para-hydroxylation sites is 2. The van der Waals surface area contributed by atoms with Crippen LogP contribution < -0.4 is 5.56 Å². The lowest BCUT2D eigenvalue weighted by Crippen LogP contribution is -2.21. The van der Waals surface area contributed by atoms with E-state index < -0.39 is 0 Å². The predicted octanol–water partition coefficient (Wildman–Crippen LogP) is 8.95. The number of pyridine rings is 2. The molecule has 0 saturated heterocycles. The molecule has 0 aliphatic rings. The first kappa shape index (κ1) is 24.5. The molecule has 0 N–H and O–H groups in total. The topological polar surface area (TPSA) is 65.6 Å². The van der Waals surface area contributed by atoms with Crippen LogP contribution in [0.25, 0.3) is 86.2 Å². The Labute approximate surface area is 259 Å². The Morgan fingerprint density at radius 2 is 1.29 bits per heavy atom. The normalized spacial score (nSPS) is 12.1. The second-order valence-corrected chi connectivity index (χ2v) is 12.3. The molecule has 10 aromatic rings. The Hall–Kier alpha value is -5.92. The summed E-state index contributed by atoms with van der Waals surface area (Å²) in [6.07, 6.45) is 5.26. The highest BCUT2D eigenvalue weighted by molar-refractivity contribution is 7.27. The molecule has 45 heavy (non-hydrogen) atoms. The number of aromatic nitrogens is 5. The summed E-state index contributed by atoms with van der Waals surface area (Å²) in [6, 6.07) is 37.2. The van der Waals surface area contributed by atoms with Gasteiger partial charge in [-0.2, -0.15) is 0 Å². The number of benzene rings is 5. The molecule has 0 amide bonds. The van der Waals surface area contributed by atoms with E-state index in [-0.39, 0.29) is 5.56 Å². The van der Waals surface area contributed by atoms with Crippen LogP contribution in [0.5, 0.6) is 0 Å². The van der Waals surface area contributed by atoms with Crippen molar-refractivity contribution in [2.45, 2.75) is 0 Å². The van der Waals surface area contributed by atoms with Crippen LogP contribution in [0.4, 0.5) is 0 Å². The monoisotopic (exact) mass is 595 g/mol. The van der Waals surface area contributed by atoms with Gasteiger partial charge >= 0.3 is 0 Å². The zero-order valence-corrected chi connectivity index (χ0v) is 24.5. The minimum Gasteiger partial charge on any atom is -0.276 e. The van der Waals surface area contributed by atoms with Crippen LogP contribution in [0.2, 0.25) is 0 Å². The molecular weight excluding hydrogens is 575 g/mol. The number of fused-ring (bicyclic) bond motifs is 13. The highest BCUT2D eigenvalue weighted by atomic mass is 32.1. The Morgan fingerprint density at radius 1 is 0.578 bits per heavy atom. The van der Waals surface area contributed by atoms with Gasteiger partial charge in [-0.15, -0.1) is 11.3 Å². The third kappa shape index (κ3) is 3.27. The molecule has 5 aromatic carbocycles. The Bertz CT molecular complexity index is 2900. The Balaban J connectivity index is 1.41. The second-order valence-electron chi connectivity index (χ2n) is 11.2. The summed E-state index contributed by atoms with van der Waals surface area (Å²) in [4.78, 5) is 28.7. The van der Waals surface area contributed by atoms with Gasteiger partial charge in [0.05, 0.1) is 27.4 Å². The zero-order valence-electron chi connectivity index (χ0n) is 23.7. The summed E-state index contributed by atoms with van der Waals surface area (Å²) >= 11 is 1.79. The van der Waals surface area contributed by atoms with E-state index in [1.807, 2.05) is 42.5 Å². The molecule has 0 aliphatic carbocycles. The fourth-order valence-electron chi connectivity index (χ4n) is 7.02. The van der Waals surface area contributed by atoms with Crippen molar-refractivity contribution in [2.24, 2.45) is 0 Å². The molecule has 5 aromatic heterocycles. The quantitative estimate of drug-likeness (QED) is 0.187. The maximum atomic E-state index is 14.3. The molecule has 0 atom stereocenters. The molecule has 0 fully saturated rings. The average Bonchev–Trinajstić information content (AvgIpc) is 3.66. The van der Waals surface area contributed by atoms with Crippen LogP contribution in [0.15, 0.2) is 133 Å². The molecule has 10 rings (SSSR count). The van der Waals surface area contributed by atoms with Crippen molar-refractivity contribution in [1.29, 1.82) is 0 Å². The Kier molecular flexibility index (Phi) is 4.93. The first-order valence-corrected chi connectivity index (χ1v) is 15.6. The summed E-state index contributed by atoms with van der Waals surface area (Å²) in [5.41, 5.74) is 3.68. The van der Waals surface area contributed by atoms with Crippen LogP contribution in [0, 0.1) is 0 Å². The molecule has 0 unspecified atom stereocenters. The van der Waals surface area contributed by atoms with Crippen molar-refractivity contribution in [3.8, 4) is 11.6 Å². The summed E-state index contributed by atoms with van der Waals surface area (Å²) in [5, 5.41) is 8.73. The van der Waals surface area contributed by atoms with E-state index >= 15 is 0 Å². The number of hydrogen-bond acceptors (Lipinski definition) is 5. The van der Waals surface area contributed by atoms with Crippen molar-refractivity contribution < 1.29 is 0 Å². The zero-order chi connectivity index (χ0) is 29.6. The third-order valence-electron chi connectivity index (χ3n) is 8.88. The molecule has 7 heteroatoms. The van der Waals surface area contributed by atoms with E-state index in [1.54, 1.807) is 34.5 Å². The van der Waals surface area contributed by atoms with Gasteiger partial charge in [-0.3, -0.25) is 18.9 Å². The van der Waals surface area contributed by atoms with Gasteiger partial charge < -0.3 is 0 Å². The van der Waals surface area contributed by atoms with E-state index in [1.165, 1.54) is 30.9 Å². The molecule has 0 bridgehead atoms. The van der Waals surface area contributed by atoms with E-state index in [0.717, 1.165) is 32.9 Å². The van der Waals surface area contributed by atoms with E-state index in [9.17, 15) is 4.79 Å². The Morgan fingerprint density at radius 3 is 2.13 bits per heavy atom. The number of nitrogens with zero attached hydrogens (tertiary/aromatic N) is 5. The van der Waals surface area contributed by atoms with Crippen molar-refractivity contribution in [1.82, 2.24) is 24.1 Å². The van der Waals surface area contributed by atoms with Gasteiger partial charge in [0.25, 0.3) is 5.56 Å². The highest BCUT2D eigenvalue weighted by Crippen LogP contribution is 2.47. The van der Waals surface area contributed by atoms with Gasteiger partial charge in [-0.05, 0) is 41.1 Å². The van der Waals surface area contributed by atoms with Crippen LogP contribution in [-0.4, -0.2) is 24.1 Å². The van der Waals surface area contributed by atoms with Gasteiger partial charge in [-0.1, -0.05) is 78.9 Å². The number of hydrogen-bond donors (Lipinski definition) is 0. The van der Waals surface area contributed by atoms with Crippen LogP contribution in [0.1, 0.15) is 0 Å². The minimum absolute atomic E-state index is 0.210. The van der Waals surface area contributed by atoms with Gasteiger partial charge in [-0.25, -0.2) is 9.97 Å². The van der Waals surface area contributed by atoms with Gasteiger partial charge in [0.1, 0.15) is 5.52 Å². The van der Waals surface area contributed by atoms with E-state index in [4.69, 9.17) is 9.97 Å². The smallest absolute Gasteiger partial charge is 0.276 e. The lowest BCUT2D eigenvalue weighted by atomic mass is 9.99. The molecular formula is C38H21N5OS. The molecule has 210 valence electrons. The third-order valence-corrected chi connectivity index (χ3v) is 10.1. The first-order chi connectivity index (χ1) is 22.3. The maximum absolute atomic E-state index is 14.3. The number of thiophene rings is 1. The largest absolute Gasteiger partial charge is 0.282 e. The lowest BCUT2D eigenvalue weighted by molar-refractivity contribution is 0.992. The predicted molar refractivity (Wildman–Crippen MR) is 185 cm³/mol. The van der Waals surface area contributed by atoms with Crippen LogP contribution in [-0.2, 0) is 0 Å². The maximum Gasteiger partial charge on any atom is 0.282 e. The van der Waals surface area contributed by atoms with Crippen LogP contribution in [0.3, 0.4) is 0 Å². The summed E-state index contributed by atoms with van der Waals surface area (Å²) < 4.78 is 6.26. The standard InChI is InChI=1S/C38H21N5OS/c44-37-34-28(23-18-19-39-21-30(23)42(37)22-10-2-1-3-11-22)20-40-38(41-34)43-29-16-8-6-14-26(29)32-24-12-4-5-13-25(24)33-27-15-7-9-17-31(27)45-36(33)35(32)43/h1-21H. The van der Waals surface area contributed by atoms with Gasteiger partial charge in [0.15, 0.2) is 0 Å². The highest BCUT2D eigenvalue weighted by Gasteiger charge is 2.23. The van der Waals surface area contributed by atoms with E-state index in [0.29, 0.717) is 22.4 Å². The molecule has 0 saturated carbocycles. The summed E-state index contributed by atoms with van der Waals surface area (Å²) in [5.74, 6) is 0.466. The lowest BCUT2D eigenvalue weighted by Gasteiger charge is -2.13. The SMILES string of the molecule is O=c1c2nc(-n3c4ccccc4c4c5ccccc5c5c6ccccc6sc5c43)ncc2c2ccncc2n1-c1ccccc1. The summed E-state index contributed by atoms with van der Waals surface area (Å²) in [7, 11) is 0. The van der Waals surface area contributed by atoms with Crippen molar-refractivity contribution in [3.05, 3.63) is 138 Å².